The van der Waals surface area contributed by atoms with E-state index >= 15 is 0 Å². The first kappa shape index (κ1) is 21.8. The molecule has 0 unspecified atom stereocenters. The highest BCUT2D eigenvalue weighted by Gasteiger charge is 2.32. The molecule has 2 aliphatic heterocycles. The van der Waals surface area contributed by atoms with Crippen molar-refractivity contribution in [2.24, 2.45) is 0 Å². The third-order valence-electron chi connectivity index (χ3n) is 4.76. The van der Waals surface area contributed by atoms with Crippen LogP contribution in [0.1, 0.15) is 12.8 Å². The maximum Gasteiger partial charge on any atom is 0.341 e. The number of carbonyl (C=O) groups excluding carboxylic acids is 2. The molecule has 2 heterocycles. The second-order valence-electron chi connectivity index (χ2n) is 6.63. The molecule has 10 heteroatoms. The highest BCUT2D eigenvalue weighted by Crippen LogP contribution is 2.18. The Labute approximate surface area is 169 Å². The molecule has 3 amide bonds. The molecule has 0 saturated carbocycles. The topological polar surface area (TPSA) is 111 Å². The Morgan fingerprint density at radius 3 is 2.46 bits per heavy atom. The van der Waals surface area contributed by atoms with Gasteiger partial charge < -0.3 is 30.3 Å². The third-order valence-corrected chi connectivity index (χ3v) is 4.76. The van der Waals surface area contributed by atoms with E-state index in [9.17, 15) is 14.4 Å². The van der Waals surface area contributed by atoms with Crippen LogP contribution in [0.25, 0.3) is 0 Å². The van der Waals surface area contributed by atoms with Crippen LogP contribution >= 0.6 is 12.4 Å². The first-order chi connectivity index (χ1) is 13.0. The van der Waals surface area contributed by atoms with Crippen LogP contribution in [0, 0.1) is 0 Å². The minimum atomic E-state index is -1.05. The van der Waals surface area contributed by atoms with Gasteiger partial charge in [-0.3, -0.25) is 4.79 Å². The van der Waals surface area contributed by atoms with Crippen LogP contribution in [0.15, 0.2) is 24.3 Å². The predicted octanol–water partition coefficient (Wildman–Crippen LogP) is 1.000. The summed E-state index contributed by atoms with van der Waals surface area (Å²) in [6.45, 7) is 2.56. The lowest BCUT2D eigenvalue weighted by atomic mass is 10.0. The Kier molecular flexibility index (Phi) is 7.89. The molecule has 3 rings (SSSR count). The van der Waals surface area contributed by atoms with Crippen LogP contribution in [0.3, 0.4) is 0 Å². The summed E-state index contributed by atoms with van der Waals surface area (Å²) in [5.74, 6) is -0.664. The summed E-state index contributed by atoms with van der Waals surface area (Å²) in [5.41, 5.74) is 0.552. The Morgan fingerprint density at radius 2 is 1.86 bits per heavy atom. The van der Waals surface area contributed by atoms with Crippen LogP contribution in [-0.4, -0.2) is 78.2 Å². The number of piperazine rings is 1. The normalized spacial score (nSPS) is 17.6. The molecule has 1 aromatic rings. The SMILES string of the molecule is Cl.O=C(O)COc1ccc(NC(=O)N2CCN(C3CCNCC3)C(=O)C2)cc1. The first-order valence-electron chi connectivity index (χ1n) is 9.03. The first-order valence-corrected chi connectivity index (χ1v) is 9.03. The summed E-state index contributed by atoms with van der Waals surface area (Å²) in [5, 5.41) is 14.6. The number of nitrogens with zero attached hydrogens (tertiary/aromatic N) is 2. The molecule has 154 valence electrons. The number of carboxylic acid groups (broad SMARTS) is 1. The van der Waals surface area contributed by atoms with E-state index in [1.807, 2.05) is 4.90 Å². The maximum absolute atomic E-state index is 12.5. The summed E-state index contributed by atoms with van der Waals surface area (Å²) in [4.78, 5) is 38.8. The fraction of sp³-hybridized carbons (Fsp3) is 0.500. The van der Waals surface area contributed by atoms with Crippen molar-refractivity contribution in [3.8, 4) is 5.75 Å². The van der Waals surface area contributed by atoms with Gasteiger partial charge in [0.15, 0.2) is 6.61 Å². The van der Waals surface area contributed by atoms with E-state index in [2.05, 4.69) is 10.6 Å². The largest absolute Gasteiger partial charge is 0.482 e. The fourth-order valence-corrected chi connectivity index (χ4v) is 3.35. The molecule has 2 aliphatic rings. The van der Waals surface area contributed by atoms with Crippen molar-refractivity contribution in [2.75, 3.05) is 44.6 Å². The Bertz CT molecular complexity index is 694. The van der Waals surface area contributed by atoms with Crippen LogP contribution in [0.5, 0.6) is 5.75 Å². The van der Waals surface area contributed by atoms with E-state index < -0.39 is 12.6 Å². The number of carboxylic acids is 1. The molecule has 9 nitrogen and oxygen atoms in total. The number of carbonyl (C=O) groups is 3. The van der Waals surface area contributed by atoms with Crippen molar-refractivity contribution in [2.45, 2.75) is 18.9 Å². The molecule has 0 bridgehead atoms. The minimum absolute atomic E-state index is 0. The smallest absolute Gasteiger partial charge is 0.341 e. The van der Waals surface area contributed by atoms with Gasteiger partial charge in [0.1, 0.15) is 12.3 Å². The maximum atomic E-state index is 12.5. The Morgan fingerprint density at radius 1 is 1.18 bits per heavy atom. The van der Waals surface area contributed by atoms with E-state index in [0.29, 0.717) is 24.5 Å². The lowest BCUT2D eigenvalue weighted by molar-refractivity contribution is -0.139. The monoisotopic (exact) mass is 412 g/mol. The van der Waals surface area contributed by atoms with E-state index in [1.54, 1.807) is 24.3 Å². The molecule has 2 saturated heterocycles. The van der Waals surface area contributed by atoms with Gasteiger partial charge in [-0.1, -0.05) is 0 Å². The van der Waals surface area contributed by atoms with Crippen molar-refractivity contribution in [3.05, 3.63) is 24.3 Å². The van der Waals surface area contributed by atoms with E-state index in [0.717, 1.165) is 25.9 Å². The summed E-state index contributed by atoms with van der Waals surface area (Å²) >= 11 is 0. The van der Waals surface area contributed by atoms with Gasteiger partial charge in [-0.15, -0.1) is 12.4 Å². The quantitative estimate of drug-likeness (QED) is 0.665. The highest BCUT2D eigenvalue weighted by atomic mass is 35.5. The zero-order valence-corrected chi connectivity index (χ0v) is 16.2. The molecule has 2 fully saturated rings. The average molecular weight is 413 g/mol. The van der Waals surface area contributed by atoms with Crippen LogP contribution in [0.4, 0.5) is 10.5 Å². The molecule has 28 heavy (non-hydrogen) atoms. The number of nitrogens with one attached hydrogen (secondary N) is 2. The summed E-state index contributed by atoms with van der Waals surface area (Å²) in [6, 6.07) is 6.36. The van der Waals surface area contributed by atoms with Crippen molar-refractivity contribution in [1.29, 1.82) is 0 Å². The van der Waals surface area contributed by atoms with Gasteiger partial charge in [-0.25, -0.2) is 9.59 Å². The van der Waals surface area contributed by atoms with Crippen LogP contribution < -0.4 is 15.4 Å². The van der Waals surface area contributed by atoms with Crippen LogP contribution in [-0.2, 0) is 9.59 Å². The number of amides is 3. The van der Waals surface area contributed by atoms with Gasteiger partial charge in [-0.05, 0) is 50.2 Å². The van der Waals surface area contributed by atoms with E-state index in [4.69, 9.17) is 9.84 Å². The number of hydrogen-bond donors (Lipinski definition) is 3. The number of anilines is 1. The molecule has 0 atom stereocenters. The van der Waals surface area contributed by atoms with Crippen molar-refractivity contribution in [1.82, 2.24) is 15.1 Å². The Balaban J connectivity index is 0.00000280. The summed E-state index contributed by atoms with van der Waals surface area (Å²) in [6.07, 6.45) is 1.91. The second-order valence-corrected chi connectivity index (χ2v) is 6.63. The average Bonchev–Trinajstić information content (AvgIpc) is 2.68. The van der Waals surface area contributed by atoms with Gasteiger partial charge in [0.2, 0.25) is 5.91 Å². The molecule has 0 aromatic heterocycles. The second kappa shape index (κ2) is 10.1. The van der Waals surface area contributed by atoms with E-state index in [-0.39, 0.29) is 36.9 Å². The number of piperidine rings is 1. The minimum Gasteiger partial charge on any atom is -0.482 e. The number of hydrogen-bond acceptors (Lipinski definition) is 5. The van der Waals surface area contributed by atoms with Gasteiger partial charge in [0.25, 0.3) is 0 Å². The molecular weight excluding hydrogens is 388 g/mol. The fourth-order valence-electron chi connectivity index (χ4n) is 3.35. The van der Waals surface area contributed by atoms with Crippen LogP contribution in [0.2, 0.25) is 0 Å². The number of aliphatic carboxylic acids is 1. The highest BCUT2D eigenvalue weighted by molar-refractivity contribution is 5.93. The van der Waals surface area contributed by atoms with Gasteiger partial charge in [0.05, 0.1) is 0 Å². The standard InChI is InChI=1S/C18H24N4O5.ClH/c23-16-11-21(9-10-22(16)14-5-7-19-8-6-14)18(26)20-13-1-3-15(4-2-13)27-12-17(24)25;/h1-4,14,19H,5-12H2,(H,20,26)(H,24,25);1H. The van der Waals surface area contributed by atoms with Gasteiger partial charge >= 0.3 is 12.0 Å². The zero-order valence-electron chi connectivity index (χ0n) is 15.4. The molecule has 0 radical (unpaired) electrons. The summed E-state index contributed by atoms with van der Waals surface area (Å²) < 4.78 is 5.05. The van der Waals surface area contributed by atoms with Gasteiger partial charge in [-0.2, -0.15) is 0 Å². The van der Waals surface area contributed by atoms with Gasteiger partial charge in [0, 0.05) is 24.8 Å². The molecule has 0 aliphatic carbocycles. The molecule has 1 aromatic carbocycles. The molecule has 3 N–H and O–H groups in total. The van der Waals surface area contributed by atoms with Crippen molar-refractivity contribution < 1.29 is 24.2 Å². The lowest BCUT2D eigenvalue weighted by Crippen LogP contribution is -2.57. The number of benzene rings is 1. The number of urea groups is 1. The number of ether oxygens (including phenoxy) is 1. The predicted molar refractivity (Wildman–Crippen MR) is 105 cm³/mol. The molecular formula is C18H25ClN4O5. The third kappa shape index (κ3) is 5.74. The summed E-state index contributed by atoms with van der Waals surface area (Å²) in [7, 11) is 0. The van der Waals surface area contributed by atoms with Crippen molar-refractivity contribution in [3.63, 3.8) is 0 Å². The lowest BCUT2D eigenvalue weighted by Gasteiger charge is -2.40. The zero-order chi connectivity index (χ0) is 19.2. The Hall–Kier alpha value is -2.52. The van der Waals surface area contributed by atoms with E-state index in [1.165, 1.54) is 4.90 Å². The number of rotatable bonds is 5. The van der Waals surface area contributed by atoms with Crippen molar-refractivity contribution >= 4 is 36.0 Å². The number of halogens is 1. The molecule has 0 spiro atoms.